The Labute approximate surface area is 27.1 Å². The molecule has 0 heteroatoms. The van der Waals surface area contributed by atoms with E-state index in [9.17, 15) is 0 Å². The molecule has 0 rings (SSSR count). The van der Waals surface area contributed by atoms with Crippen molar-refractivity contribution in [2.24, 2.45) is 0 Å². The summed E-state index contributed by atoms with van der Waals surface area (Å²) >= 11 is 0. The molecule has 0 heterocycles. The Hall–Kier alpha value is -0.260. The summed E-state index contributed by atoms with van der Waals surface area (Å²) in [5.74, 6) is 0. The molecule has 0 aliphatic heterocycles. The van der Waals surface area contributed by atoms with E-state index in [1.807, 2.05) is 0 Å². The summed E-state index contributed by atoms with van der Waals surface area (Å²) in [6.45, 7) is 9.62. The first-order chi connectivity index (χ1) is 1.91. The van der Waals surface area contributed by atoms with Crippen LogP contribution in [-0.2, 0) is 0 Å². The van der Waals surface area contributed by atoms with Gasteiger partial charge in [-0.25, -0.2) is 0 Å². The highest BCUT2D eigenvalue weighted by Gasteiger charge is 1.46. The van der Waals surface area contributed by atoms with E-state index in [-0.39, 0.29) is 0 Å². The zero-order chi connectivity index (χ0) is 3.41. The normalized spacial score (nSPS) is 6.25. The molecule has 0 amide bonds. The van der Waals surface area contributed by atoms with Gasteiger partial charge in [-0.15, -0.1) is 6.58 Å². The van der Waals surface area contributed by atoms with Crippen LogP contribution >= 0.6 is 0 Å². The van der Waals surface area contributed by atoms with E-state index in [0.717, 1.165) is 0 Å². The Morgan fingerprint density at radius 3 is 2.25 bits per heavy atom. The van der Waals surface area contributed by atoms with E-state index in [0.29, 0.717) is 6.42 Å². The van der Waals surface area contributed by atoms with Crippen molar-refractivity contribution in [1.29, 1.82) is 0 Å². The molecule has 0 saturated carbocycles. The lowest BCUT2D eigenvalue weighted by Crippen LogP contribution is -1.37. The summed E-state index contributed by atoms with van der Waals surface area (Å²) in [6.07, 6.45) is 1.88. The van der Waals surface area contributed by atoms with Crippen LogP contribution in [0.5, 0.6) is 0 Å². The lowest BCUT2D eigenvalue weighted by atomic mass is 10.5. The highest BCUT2D eigenvalue weighted by molar-refractivity contribution is 4.65. The lowest BCUT2D eigenvalue weighted by Gasteiger charge is -1.56. The molecule has 0 N–H and O–H groups in total. The highest BCUT2D eigenvalue weighted by Crippen LogP contribution is 1.65. The molecule has 3 radical (unpaired) electrons. The van der Waals surface area contributed by atoms with Crippen molar-refractivity contribution in [3.63, 3.8) is 0 Å². The predicted molar refractivity (Wildman–Crippen MR) is 18.1 cm³/mol. The summed E-state index contributed by atoms with van der Waals surface area (Å²) in [5.41, 5.74) is 0. The minimum absolute atomic E-state index is 0.333. The third-order valence-corrected chi connectivity index (χ3v) is 0.144. The van der Waals surface area contributed by atoms with Gasteiger partial charge in [-0.2, -0.15) is 0 Å². The fraction of sp³-hybridized carbons (Fsp3) is 0.250. The first kappa shape index (κ1) is 3.74. The van der Waals surface area contributed by atoms with Crippen molar-refractivity contribution in [2.75, 3.05) is 0 Å². The zero-order valence-electron chi connectivity index (χ0n) is 2.49. The van der Waals surface area contributed by atoms with E-state index in [4.69, 9.17) is 6.92 Å². The third-order valence-electron chi connectivity index (χ3n) is 0.144. The summed E-state index contributed by atoms with van der Waals surface area (Å²) in [6, 6.07) is 0. The average Bonchev–Trinajstić information content (AvgIpc) is 1.37. The Morgan fingerprint density at radius 1 is 2.00 bits per heavy atom. The fourth-order valence-corrected chi connectivity index (χ4v) is 0. The topological polar surface area (TPSA) is 0 Å². The molecule has 4 heavy (non-hydrogen) atoms. The summed E-state index contributed by atoms with van der Waals surface area (Å²) in [4.78, 5) is 0. The van der Waals surface area contributed by atoms with Crippen LogP contribution in [0.2, 0.25) is 0 Å². The Balaban J connectivity index is 2.30. The Bertz CT molecular complexity index is 14.0. The molecule has 0 unspecified atom stereocenters. The van der Waals surface area contributed by atoms with Gasteiger partial charge in [0.25, 0.3) is 0 Å². The number of hydrogen-bond donors (Lipinski definition) is 0. The number of hydrogen-bond acceptors (Lipinski definition) is 0. The summed E-state index contributed by atoms with van der Waals surface area (Å²) < 4.78 is 0. The SMILES string of the molecule is [C]CC=C. The van der Waals surface area contributed by atoms with Crippen molar-refractivity contribution in [3.8, 4) is 0 Å². The maximum Gasteiger partial charge on any atom is -0.00497 e. The molecule has 0 saturated heterocycles. The van der Waals surface area contributed by atoms with Crippen molar-refractivity contribution >= 4 is 0 Å². The van der Waals surface area contributed by atoms with Crippen LogP contribution in [0.4, 0.5) is 0 Å². The van der Waals surface area contributed by atoms with Gasteiger partial charge in [0, 0.05) is 0 Å². The lowest BCUT2D eigenvalue weighted by molar-refractivity contribution is 1.42. The number of rotatable bonds is 1. The van der Waals surface area contributed by atoms with E-state index in [1.54, 1.807) is 6.08 Å². The molecule has 0 aromatic rings. The van der Waals surface area contributed by atoms with Crippen molar-refractivity contribution in [2.45, 2.75) is 6.42 Å². The second-order valence-electron chi connectivity index (χ2n) is 0.493. The monoisotopic (exact) mass is 53.0 g/mol. The van der Waals surface area contributed by atoms with Gasteiger partial charge in [0.15, 0.2) is 0 Å². The van der Waals surface area contributed by atoms with Crippen molar-refractivity contribution < 1.29 is 0 Å². The average molecular weight is 53.1 g/mol. The van der Waals surface area contributed by atoms with Gasteiger partial charge < -0.3 is 0 Å². The van der Waals surface area contributed by atoms with Crippen LogP contribution < -0.4 is 0 Å². The largest absolute Gasteiger partial charge is 0.103 e. The van der Waals surface area contributed by atoms with Gasteiger partial charge in [-0.05, 0) is 13.3 Å². The highest BCUT2D eigenvalue weighted by atomic mass is 13.5. The number of allylic oxidation sites excluding steroid dienone is 1. The van der Waals surface area contributed by atoms with Crippen molar-refractivity contribution in [3.05, 3.63) is 19.6 Å². The molecule has 0 aliphatic carbocycles. The van der Waals surface area contributed by atoms with Crippen LogP contribution in [0.25, 0.3) is 0 Å². The molecule has 21 valence electrons. The smallest absolute Gasteiger partial charge is 0.00497 e. The minimum Gasteiger partial charge on any atom is -0.103 e. The Kier molecular flexibility index (Phi) is 2.56. The van der Waals surface area contributed by atoms with Crippen LogP contribution in [0, 0.1) is 6.92 Å². The second-order valence-corrected chi connectivity index (χ2v) is 0.493. The van der Waals surface area contributed by atoms with Gasteiger partial charge >= 0.3 is 0 Å². The predicted octanol–water partition coefficient (Wildman–Crippen LogP) is 1.15. The second kappa shape index (κ2) is 2.74. The molecule has 0 aromatic heterocycles. The molecular weight excluding hydrogens is 48.0 g/mol. The molecule has 0 atom stereocenters. The first-order valence-electron chi connectivity index (χ1n) is 1.17. The van der Waals surface area contributed by atoms with Gasteiger partial charge in [0.1, 0.15) is 0 Å². The minimum atomic E-state index is 0.333. The van der Waals surface area contributed by atoms with E-state index in [2.05, 4.69) is 6.58 Å². The van der Waals surface area contributed by atoms with Crippen molar-refractivity contribution in [1.82, 2.24) is 0 Å². The molecule has 0 fully saturated rings. The van der Waals surface area contributed by atoms with E-state index >= 15 is 0 Å². The first-order valence-corrected chi connectivity index (χ1v) is 1.17. The van der Waals surface area contributed by atoms with Crippen LogP contribution in [0.3, 0.4) is 0 Å². The molecule has 0 bridgehead atoms. The van der Waals surface area contributed by atoms with Gasteiger partial charge in [0.2, 0.25) is 0 Å². The van der Waals surface area contributed by atoms with Gasteiger partial charge in [-0.3, -0.25) is 0 Å². The zero-order valence-corrected chi connectivity index (χ0v) is 2.49. The quantitative estimate of drug-likeness (QED) is 0.393. The summed E-state index contributed by atoms with van der Waals surface area (Å²) in [5, 5.41) is 0. The van der Waals surface area contributed by atoms with E-state index in [1.165, 1.54) is 0 Å². The summed E-state index contributed by atoms with van der Waals surface area (Å²) in [7, 11) is 0. The van der Waals surface area contributed by atoms with Crippen LogP contribution in [-0.4, -0.2) is 0 Å². The molecule has 0 spiro atoms. The van der Waals surface area contributed by atoms with Gasteiger partial charge in [-0.1, -0.05) is 6.08 Å². The molecule has 0 aromatic carbocycles. The Morgan fingerprint density at radius 2 is 2.25 bits per heavy atom. The third kappa shape index (κ3) is 1.74. The van der Waals surface area contributed by atoms with E-state index < -0.39 is 0 Å². The fourth-order valence-electron chi connectivity index (χ4n) is 0. The molecular formula is C4H5. The molecule has 0 nitrogen and oxygen atoms in total. The maximum absolute atomic E-state index is 6.33. The van der Waals surface area contributed by atoms with Crippen LogP contribution in [0.15, 0.2) is 12.7 Å². The van der Waals surface area contributed by atoms with Crippen LogP contribution in [0.1, 0.15) is 6.42 Å². The van der Waals surface area contributed by atoms with Gasteiger partial charge in [0.05, 0.1) is 0 Å². The maximum atomic E-state index is 6.33. The standard InChI is InChI=1S/C4H5/c1-3-4-2/h3H,1,4H2. The molecule has 0 aliphatic rings.